The lowest BCUT2D eigenvalue weighted by molar-refractivity contribution is -0.137. The molecule has 0 aliphatic carbocycles. The second-order valence-corrected chi connectivity index (χ2v) is 9.75. The van der Waals surface area contributed by atoms with Gasteiger partial charge in [0.25, 0.3) is 10.0 Å². The van der Waals surface area contributed by atoms with Gasteiger partial charge in [0.1, 0.15) is 11.5 Å². The number of pyridine rings is 1. The van der Waals surface area contributed by atoms with Gasteiger partial charge in [-0.3, -0.25) is 4.79 Å². The highest BCUT2D eigenvalue weighted by molar-refractivity contribution is 7.90. The molecule has 0 bridgehead atoms. The third-order valence-electron chi connectivity index (χ3n) is 5.10. The van der Waals surface area contributed by atoms with E-state index in [1.54, 1.807) is 37.2 Å². The molecule has 0 aliphatic rings. The van der Waals surface area contributed by atoms with Crippen LogP contribution >= 0.6 is 0 Å². The van der Waals surface area contributed by atoms with E-state index < -0.39 is 27.5 Å². The number of aromatic nitrogens is 2. The summed E-state index contributed by atoms with van der Waals surface area (Å²) < 4.78 is 72.9. The van der Waals surface area contributed by atoms with Crippen LogP contribution in [0, 0.1) is 0 Å². The maximum absolute atomic E-state index is 13.4. The molecule has 2 aromatic heterocycles. The number of benzene rings is 2. The summed E-state index contributed by atoms with van der Waals surface area (Å²) in [5.41, 5.74) is -1.07. The molecule has 0 radical (unpaired) electrons. The first kappa shape index (κ1) is 25.0. The third-order valence-corrected chi connectivity index (χ3v) is 6.76. The number of alkyl halides is 3. The highest BCUT2D eigenvalue weighted by atomic mass is 32.2. The van der Waals surface area contributed by atoms with Gasteiger partial charge in [0, 0.05) is 38.8 Å². The van der Waals surface area contributed by atoms with Crippen LogP contribution in [0.2, 0.25) is 0 Å². The molecule has 2 heterocycles. The van der Waals surface area contributed by atoms with Gasteiger partial charge in [0.05, 0.1) is 21.4 Å². The average Bonchev–Trinajstić information content (AvgIpc) is 3.24. The first-order chi connectivity index (χ1) is 17.0. The van der Waals surface area contributed by atoms with Gasteiger partial charge >= 0.3 is 6.18 Å². The van der Waals surface area contributed by atoms with Crippen molar-refractivity contribution < 1.29 is 31.1 Å². The van der Waals surface area contributed by atoms with Crippen molar-refractivity contribution in [1.29, 1.82) is 0 Å². The number of carbonyl (C=O) groups is 1. The standard InChI is InChI=1S/C25H20F3N3O4S/c1-30(2)14-12-21(32)20-16-31(36(33,34)19-9-4-3-5-10-19)24-23(20)22(11-13-29-24)35-18-8-6-7-17(15-18)25(26,27)28/h3-16H,1-2H3/b14-12+. The van der Waals surface area contributed by atoms with E-state index in [1.807, 2.05) is 0 Å². The number of hydrogen-bond acceptors (Lipinski definition) is 6. The summed E-state index contributed by atoms with van der Waals surface area (Å²) in [6, 6.07) is 13.2. The SMILES string of the molecule is CN(C)/C=C/C(=O)c1cn(S(=O)(=O)c2ccccc2)c2nccc(Oc3cccc(C(F)(F)F)c3)c12. The molecule has 0 spiro atoms. The Labute approximate surface area is 205 Å². The summed E-state index contributed by atoms with van der Waals surface area (Å²) in [4.78, 5) is 18.8. The number of nitrogens with zero attached hydrogens (tertiary/aromatic N) is 3. The molecule has 2 aromatic carbocycles. The summed E-state index contributed by atoms with van der Waals surface area (Å²) in [6.45, 7) is 0. The van der Waals surface area contributed by atoms with Crippen LogP contribution in [0.1, 0.15) is 15.9 Å². The Morgan fingerprint density at radius 2 is 1.78 bits per heavy atom. The van der Waals surface area contributed by atoms with Crippen molar-refractivity contribution in [2.45, 2.75) is 11.1 Å². The molecule has 4 rings (SSSR count). The highest BCUT2D eigenvalue weighted by Crippen LogP contribution is 2.37. The molecule has 0 fully saturated rings. The molecule has 36 heavy (non-hydrogen) atoms. The van der Waals surface area contributed by atoms with E-state index in [-0.39, 0.29) is 33.0 Å². The number of hydrogen-bond donors (Lipinski definition) is 0. The van der Waals surface area contributed by atoms with Gasteiger partial charge in [-0.1, -0.05) is 24.3 Å². The number of carbonyl (C=O) groups excluding carboxylic acids is 1. The molecular weight excluding hydrogens is 495 g/mol. The number of fused-ring (bicyclic) bond motifs is 1. The van der Waals surface area contributed by atoms with E-state index in [4.69, 9.17) is 4.74 Å². The molecule has 11 heteroatoms. The molecule has 4 aromatic rings. The fraction of sp³-hybridized carbons (Fsp3) is 0.120. The topological polar surface area (TPSA) is 81.5 Å². The molecule has 0 saturated carbocycles. The maximum atomic E-state index is 13.4. The fourth-order valence-corrected chi connectivity index (χ4v) is 4.77. The molecular formula is C25H20F3N3O4S. The van der Waals surface area contributed by atoms with Crippen LogP contribution in [0.4, 0.5) is 13.2 Å². The second kappa shape index (κ2) is 9.50. The van der Waals surface area contributed by atoms with Crippen molar-refractivity contribution >= 4 is 26.8 Å². The van der Waals surface area contributed by atoms with Crippen LogP contribution in [-0.2, 0) is 16.2 Å². The molecule has 186 valence electrons. The van der Waals surface area contributed by atoms with E-state index in [1.165, 1.54) is 48.8 Å². The van der Waals surface area contributed by atoms with Gasteiger partial charge in [0.15, 0.2) is 11.4 Å². The number of ketones is 1. The quantitative estimate of drug-likeness (QED) is 0.244. The van der Waals surface area contributed by atoms with Gasteiger partial charge in [-0.05, 0) is 36.4 Å². The minimum absolute atomic E-state index is 0.0251. The smallest absolute Gasteiger partial charge is 0.416 e. The fourth-order valence-electron chi connectivity index (χ4n) is 3.43. The number of allylic oxidation sites excluding steroid dienone is 1. The summed E-state index contributed by atoms with van der Waals surface area (Å²) in [7, 11) is -0.752. The van der Waals surface area contributed by atoms with E-state index in [2.05, 4.69) is 4.98 Å². The first-order valence-corrected chi connectivity index (χ1v) is 12.0. The summed E-state index contributed by atoms with van der Waals surface area (Å²) in [5, 5.41) is 0.0443. The lowest BCUT2D eigenvalue weighted by atomic mass is 10.1. The zero-order chi connectivity index (χ0) is 26.1. The normalized spacial score (nSPS) is 12.2. The van der Waals surface area contributed by atoms with Crippen LogP contribution < -0.4 is 4.74 Å². The van der Waals surface area contributed by atoms with E-state index >= 15 is 0 Å². The minimum atomic E-state index is -4.59. The van der Waals surface area contributed by atoms with Gasteiger partial charge in [-0.15, -0.1) is 0 Å². The van der Waals surface area contributed by atoms with Crippen molar-refractivity contribution in [2.75, 3.05) is 14.1 Å². The Morgan fingerprint density at radius 1 is 1.06 bits per heavy atom. The average molecular weight is 516 g/mol. The van der Waals surface area contributed by atoms with Gasteiger partial charge in [-0.2, -0.15) is 13.2 Å². The number of rotatable bonds is 7. The Kier molecular flexibility index (Phi) is 6.59. The molecule has 0 unspecified atom stereocenters. The monoisotopic (exact) mass is 515 g/mol. The van der Waals surface area contributed by atoms with E-state index in [0.29, 0.717) is 0 Å². The van der Waals surface area contributed by atoms with Crippen molar-refractivity contribution in [2.24, 2.45) is 0 Å². The molecule has 0 N–H and O–H groups in total. The Bertz CT molecular complexity index is 1560. The lowest BCUT2D eigenvalue weighted by Gasteiger charge is -2.11. The molecule has 0 atom stereocenters. The second-order valence-electron chi connectivity index (χ2n) is 7.94. The largest absolute Gasteiger partial charge is 0.457 e. The van der Waals surface area contributed by atoms with Crippen molar-refractivity contribution in [1.82, 2.24) is 13.9 Å². The molecule has 7 nitrogen and oxygen atoms in total. The summed E-state index contributed by atoms with van der Waals surface area (Å²) in [6.07, 6.45) is 0.544. The molecule has 0 amide bonds. The van der Waals surface area contributed by atoms with Crippen LogP contribution in [0.15, 0.2) is 90.2 Å². The van der Waals surface area contributed by atoms with Gasteiger partial charge in [-0.25, -0.2) is 17.4 Å². The molecule has 0 saturated heterocycles. The predicted octanol–water partition coefficient (Wildman–Crippen LogP) is 5.34. The summed E-state index contributed by atoms with van der Waals surface area (Å²) >= 11 is 0. The Morgan fingerprint density at radius 3 is 2.44 bits per heavy atom. The Hall–Kier alpha value is -4.12. The minimum Gasteiger partial charge on any atom is -0.457 e. The highest BCUT2D eigenvalue weighted by Gasteiger charge is 2.31. The van der Waals surface area contributed by atoms with Crippen LogP contribution in [0.5, 0.6) is 11.5 Å². The first-order valence-electron chi connectivity index (χ1n) is 10.5. The third kappa shape index (κ3) is 4.96. The zero-order valence-electron chi connectivity index (χ0n) is 19.1. The molecule has 0 aliphatic heterocycles. The van der Waals surface area contributed by atoms with Crippen molar-refractivity contribution in [3.05, 3.63) is 96.5 Å². The Balaban J connectivity index is 1.92. The zero-order valence-corrected chi connectivity index (χ0v) is 19.9. The van der Waals surface area contributed by atoms with Crippen molar-refractivity contribution in [3.63, 3.8) is 0 Å². The van der Waals surface area contributed by atoms with Gasteiger partial charge < -0.3 is 9.64 Å². The van der Waals surface area contributed by atoms with Crippen LogP contribution in [0.3, 0.4) is 0 Å². The lowest BCUT2D eigenvalue weighted by Crippen LogP contribution is -2.12. The van der Waals surface area contributed by atoms with E-state index in [9.17, 15) is 26.4 Å². The van der Waals surface area contributed by atoms with Gasteiger partial charge in [0.2, 0.25) is 0 Å². The number of ether oxygens (including phenoxy) is 1. The maximum Gasteiger partial charge on any atom is 0.416 e. The predicted molar refractivity (Wildman–Crippen MR) is 127 cm³/mol. The van der Waals surface area contributed by atoms with Crippen LogP contribution in [-0.4, -0.2) is 42.2 Å². The number of halogens is 3. The van der Waals surface area contributed by atoms with E-state index in [0.717, 1.165) is 22.3 Å². The van der Waals surface area contributed by atoms with Crippen LogP contribution in [0.25, 0.3) is 11.0 Å². The summed E-state index contributed by atoms with van der Waals surface area (Å²) in [5.74, 6) is -0.709. The van der Waals surface area contributed by atoms with Crippen molar-refractivity contribution in [3.8, 4) is 11.5 Å².